The van der Waals surface area contributed by atoms with E-state index in [2.05, 4.69) is 44.0 Å². The van der Waals surface area contributed by atoms with Crippen molar-refractivity contribution in [3.05, 3.63) is 0 Å². The molecule has 0 aliphatic carbocycles. The van der Waals surface area contributed by atoms with Crippen LogP contribution >= 0.6 is 0 Å². The molecule has 0 amide bonds. The van der Waals surface area contributed by atoms with Gasteiger partial charge in [-0.2, -0.15) is 0 Å². The van der Waals surface area contributed by atoms with E-state index in [4.69, 9.17) is 0 Å². The van der Waals surface area contributed by atoms with Gasteiger partial charge in [-0.05, 0) is 0 Å². The van der Waals surface area contributed by atoms with Gasteiger partial charge in [0.25, 0.3) is 0 Å². The third-order valence-electron chi connectivity index (χ3n) is 4.96. The Kier molecular flexibility index (Phi) is 15.8. The molecule has 0 radical (unpaired) electrons. The van der Waals surface area contributed by atoms with Crippen LogP contribution in [0.1, 0.15) is 108 Å². The Bertz CT molecular complexity index is 206. The van der Waals surface area contributed by atoms with Crippen LogP contribution in [0.2, 0.25) is 5.28 Å². The van der Waals surface area contributed by atoms with E-state index < -0.39 is 0 Å². The van der Waals surface area contributed by atoms with Crippen molar-refractivity contribution in [2.45, 2.75) is 110 Å². The predicted molar refractivity (Wildman–Crippen MR) is 101 cm³/mol. The average Bonchev–Trinajstić information content (AvgIpc) is 2.45. The van der Waals surface area contributed by atoms with Crippen molar-refractivity contribution in [2.24, 2.45) is 17.8 Å². The summed E-state index contributed by atoms with van der Waals surface area (Å²) in [6, 6.07) is 0. The quantitative estimate of drug-likeness (QED) is 0.276. The van der Waals surface area contributed by atoms with Crippen molar-refractivity contribution in [2.75, 3.05) is 0 Å². The average molecular weight is 311 g/mol. The first-order valence-corrected chi connectivity index (χ1v) is 10.7. The van der Waals surface area contributed by atoms with Crippen LogP contribution in [0.25, 0.3) is 0 Å². The topological polar surface area (TPSA) is 0 Å². The van der Waals surface area contributed by atoms with Crippen molar-refractivity contribution < 1.29 is 2.85 Å². The fourth-order valence-corrected chi connectivity index (χ4v) is 4.46. The van der Waals surface area contributed by atoms with Crippen LogP contribution in [-0.4, -0.2) is 16.3 Å². The van der Waals surface area contributed by atoms with Crippen LogP contribution in [0, 0.1) is 17.8 Å². The molecule has 0 heterocycles. The van der Waals surface area contributed by atoms with E-state index in [1.54, 1.807) is 0 Å². The molecule has 0 aliphatic heterocycles. The second-order valence-electron chi connectivity index (χ2n) is 7.16. The summed E-state index contributed by atoms with van der Waals surface area (Å²) in [6.07, 6.45) is 17.2. The monoisotopic (exact) mass is 310 g/mol. The van der Waals surface area contributed by atoms with E-state index in [9.17, 15) is 0 Å². The van der Waals surface area contributed by atoms with E-state index in [1.165, 1.54) is 82.3 Å². The zero-order valence-corrected chi connectivity index (χ0v) is 16.7. The molecule has 0 aromatic rings. The summed E-state index contributed by atoms with van der Waals surface area (Å²) in [5.41, 5.74) is 0. The smallest absolute Gasteiger partial charge is 1.00 e. The van der Waals surface area contributed by atoms with Crippen LogP contribution in [0.15, 0.2) is 0 Å². The minimum absolute atomic E-state index is 0. The molecule has 0 nitrogen and oxygen atoms in total. The number of hydrogen-bond acceptors (Lipinski definition) is 0. The molecule has 0 fully saturated rings. The largest absolute Gasteiger partial charge is 1.00 e. The van der Waals surface area contributed by atoms with Crippen LogP contribution in [-0.2, 0) is 0 Å². The van der Waals surface area contributed by atoms with E-state index in [-0.39, 0.29) is 2.85 Å². The Morgan fingerprint density at radius 3 is 1.52 bits per heavy atom. The Labute approximate surface area is 147 Å². The van der Waals surface area contributed by atoms with Crippen LogP contribution in [0.5, 0.6) is 0 Å². The second kappa shape index (κ2) is 15.4. The van der Waals surface area contributed by atoms with Gasteiger partial charge in [-0.1, -0.05) is 0 Å². The Morgan fingerprint density at radius 2 is 1.10 bits per heavy atom. The van der Waals surface area contributed by atoms with Crippen molar-refractivity contribution >= 4 is 16.3 Å². The van der Waals surface area contributed by atoms with Gasteiger partial charge >= 0.3 is 144 Å². The van der Waals surface area contributed by atoms with Crippen molar-refractivity contribution in [1.82, 2.24) is 0 Å². The molecular weight excluding hydrogens is 267 g/mol. The molecule has 0 aromatic heterocycles. The first kappa shape index (κ1) is 21.5. The molecule has 0 spiro atoms. The first-order chi connectivity index (χ1) is 10.2. The van der Waals surface area contributed by atoms with E-state index in [0.717, 1.165) is 17.8 Å². The Balaban J connectivity index is -0.00000200. The second-order valence-corrected chi connectivity index (χ2v) is 7.73. The van der Waals surface area contributed by atoms with E-state index in [0.29, 0.717) is 0 Å². The molecule has 0 rings (SSSR count). The van der Waals surface area contributed by atoms with Gasteiger partial charge in [0.1, 0.15) is 0 Å². The fraction of sp³-hybridized carbons (Fsp3) is 1.00. The summed E-state index contributed by atoms with van der Waals surface area (Å²) >= 11 is 2.94. The molecule has 0 saturated carbocycles. The summed E-state index contributed by atoms with van der Waals surface area (Å²) in [4.78, 5) is 0. The van der Waals surface area contributed by atoms with Crippen LogP contribution < -0.4 is 0 Å². The standard InChI is InChI=1S/C20H41.Al.2H/c1-6-11-15-19(13-8-3)17-20(14-9-4)16-18(10-5)12-7-2;;;/h18-20H,5-17H2,1-4H3;;;/q;+2;2*-1. The van der Waals surface area contributed by atoms with E-state index in [1.807, 2.05) is 0 Å². The van der Waals surface area contributed by atoms with Gasteiger partial charge in [-0.25, -0.2) is 0 Å². The van der Waals surface area contributed by atoms with Crippen molar-refractivity contribution in [3.8, 4) is 0 Å². The molecule has 0 aromatic carbocycles. The minimum Gasteiger partial charge on any atom is -1.00 e. The maximum absolute atomic E-state index is 2.94. The molecule has 3 atom stereocenters. The Morgan fingerprint density at radius 1 is 0.619 bits per heavy atom. The zero-order valence-electron chi connectivity index (χ0n) is 17.5. The van der Waals surface area contributed by atoms with Gasteiger partial charge in [-0.15, -0.1) is 0 Å². The van der Waals surface area contributed by atoms with Gasteiger partial charge in [0.15, 0.2) is 0 Å². The molecule has 0 N–H and O–H groups in total. The summed E-state index contributed by atoms with van der Waals surface area (Å²) in [5.74, 6) is 2.98. The van der Waals surface area contributed by atoms with E-state index >= 15 is 0 Å². The molecule has 126 valence electrons. The SMILES string of the molecule is CCCCC(CCC)CC(CCC)CC(CCC)C[CH2][Al+2].[H-].[H-]. The van der Waals surface area contributed by atoms with Crippen LogP contribution in [0.3, 0.4) is 0 Å². The number of hydrogen-bond donors (Lipinski definition) is 0. The third kappa shape index (κ3) is 11.7. The number of rotatable bonds is 15. The van der Waals surface area contributed by atoms with Gasteiger partial charge < -0.3 is 2.85 Å². The summed E-state index contributed by atoms with van der Waals surface area (Å²) in [5, 5.41) is 1.29. The van der Waals surface area contributed by atoms with Crippen molar-refractivity contribution in [1.29, 1.82) is 0 Å². The normalized spacial score (nSPS) is 15.9. The molecule has 0 aliphatic rings. The maximum atomic E-state index is 2.94. The minimum atomic E-state index is 0. The number of unbranched alkanes of at least 4 members (excludes halogenated alkanes) is 1. The first-order valence-electron chi connectivity index (χ1n) is 9.91. The third-order valence-corrected chi connectivity index (χ3v) is 5.30. The fourth-order valence-electron chi connectivity index (χ4n) is 3.99. The van der Waals surface area contributed by atoms with Gasteiger partial charge in [0, 0.05) is 0 Å². The molecule has 1 heteroatoms. The van der Waals surface area contributed by atoms with Gasteiger partial charge in [-0.3, -0.25) is 0 Å². The van der Waals surface area contributed by atoms with Crippen LogP contribution in [0.4, 0.5) is 0 Å². The molecule has 21 heavy (non-hydrogen) atoms. The van der Waals surface area contributed by atoms with Crippen molar-refractivity contribution in [3.63, 3.8) is 0 Å². The molecule has 3 unspecified atom stereocenters. The maximum Gasteiger partial charge on any atom is -1.00 e. The molecular formula is C20H43Al. The summed E-state index contributed by atoms with van der Waals surface area (Å²) < 4.78 is 0. The van der Waals surface area contributed by atoms with Gasteiger partial charge in [0.05, 0.1) is 0 Å². The zero-order chi connectivity index (χ0) is 15.9. The summed E-state index contributed by atoms with van der Waals surface area (Å²) in [6.45, 7) is 9.43. The Hall–Kier alpha value is 0.532. The predicted octanol–water partition coefficient (Wildman–Crippen LogP) is 7.41. The molecule has 0 saturated heterocycles. The summed E-state index contributed by atoms with van der Waals surface area (Å²) in [7, 11) is 0. The molecule has 0 bridgehead atoms. The van der Waals surface area contributed by atoms with Gasteiger partial charge in [0.2, 0.25) is 0 Å².